The maximum absolute atomic E-state index is 12.5. The summed E-state index contributed by atoms with van der Waals surface area (Å²) in [6.45, 7) is 4.57. The van der Waals surface area contributed by atoms with Gasteiger partial charge >= 0.3 is 0 Å². The molecule has 2 rings (SSSR count). The second kappa shape index (κ2) is 7.20. The summed E-state index contributed by atoms with van der Waals surface area (Å²) < 4.78 is 32.0. The lowest BCUT2D eigenvalue weighted by atomic mass is 9.82. The van der Waals surface area contributed by atoms with Gasteiger partial charge in [-0.3, -0.25) is 4.79 Å². The van der Waals surface area contributed by atoms with Crippen molar-refractivity contribution in [2.45, 2.75) is 64.5 Å². The molecule has 6 heteroatoms. The van der Waals surface area contributed by atoms with Crippen LogP contribution < -0.4 is 0 Å². The molecular formula is C15H27NO4S. The summed E-state index contributed by atoms with van der Waals surface area (Å²) in [6.07, 6.45) is 5.17. The molecule has 1 aliphatic carbocycles. The second-order valence-electron chi connectivity index (χ2n) is 6.37. The predicted octanol–water partition coefficient (Wildman–Crippen LogP) is 1.96. The molecule has 0 radical (unpaired) electrons. The molecule has 1 heterocycles. The van der Waals surface area contributed by atoms with Gasteiger partial charge in [0.05, 0.1) is 18.5 Å². The van der Waals surface area contributed by atoms with Gasteiger partial charge in [0.25, 0.3) is 0 Å². The predicted molar refractivity (Wildman–Crippen MR) is 81.6 cm³/mol. The van der Waals surface area contributed by atoms with Crippen molar-refractivity contribution in [2.75, 3.05) is 18.9 Å². The highest BCUT2D eigenvalue weighted by molar-refractivity contribution is 7.89. The van der Waals surface area contributed by atoms with E-state index >= 15 is 0 Å². The molecule has 2 aliphatic rings. The summed E-state index contributed by atoms with van der Waals surface area (Å²) in [6, 6.07) is -0.109. The first-order valence-corrected chi connectivity index (χ1v) is 9.66. The smallest absolute Gasteiger partial charge is 0.216 e. The quantitative estimate of drug-likeness (QED) is 0.751. The van der Waals surface area contributed by atoms with Crippen LogP contribution in [0.5, 0.6) is 0 Å². The minimum atomic E-state index is -3.32. The fourth-order valence-corrected chi connectivity index (χ4v) is 5.05. The van der Waals surface area contributed by atoms with Gasteiger partial charge in [0.2, 0.25) is 10.0 Å². The monoisotopic (exact) mass is 317 g/mol. The number of ketones is 1. The summed E-state index contributed by atoms with van der Waals surface area (Å²) in [7, 11) is -3.32. The van der Waals surface area contributed by atoms with E-state index in [4.69, 9.17) is 4.74 Å². The molecule has 0 aromatic heterocycles. The largest absolute Gasteiger partial charge is 0.378 e. The lowest BCUT2D eigenvalue weighted by molar-refractivity contribution is -0.126. The lowest BCUT2D eigenvalue weighted by Gasteiger charge is -2.32. The summed E-state index contributed by atoms with van der Waals surface area (Å²) in [4.78, 5) is 12.1. The van der Waals surface area contributed by atoms with Crippen molar-refractivity contribution in [2.24, 2.45) is 5.92 Å². The number of rotatable bonds is 6. The van der Waals surface area contributed by atoms with E-state index in [9.17, 15) is 13.2 Å². The standard InChI is InChI=1S/C15H27NO4S/c1-12(2)20-10-11-21(18,19)16-9-5-7-14(16)13-6-3-4-8-15(13)17/h12-14H,3-11H2,1-2H3. The summed E-state index contributed by atoms with van der Waals surface area (Å²) in [5.74, 6) is 0.191. The van der Waals surface area contributed by atoms with Gasteiger partial charge in [-0.15, -0.1) is 0 Å². The van der Waals surface area contributed by atoms with Crippen molar-refractivity contribution < 1.29 is 17.9 Å². The Morgan fingerprint density at radius 3 is 2.67 bits per heavy atom. The summed E-state index contributed by atoms with van der Waals surface area (Å²) in [5, 5.41) is 0. The Bertz CT molecular complexity index is 460. The molecule has 0 aromatic rings. The van der Waals surface area contributed by atoms with Gasteiger partial charge < -0.3 is 4.74 Å². The molecule has 21 heavy (non-hydrogen) atoms. The molecule has 0 amide bonds. The Labute approximate surface area is 128 Å². The zero-order valence-electron chi connectivity index (χ0n) is 13.1. The van der Waals surface area contributed by atoms with E-state index < -0.39 is 10.0 Å². The van der Waals surface area contributed by atoms with Crippen LogP contribution in [-0.4, -0.2) is 49.6 Å². The number of Topliss-reactive ketones (excluding diaryl/α,β-unsaturated/α-hetero) is 1. The Hall–Kier alpha value is -0.460. The second-order valence-corrected chi connectivity index (χ2v) is 8.42. The van der Waals surface area contributed by atoms with E-state index in [1.165, 1.54) is 0 Å². The first-order valence-electron chi connectivity index (χ1n) is 8.05. The summed E-state index contributed by atoms with van der Waals surface area (Å²) in [5.41, 5.74) is 0. The first-order chi connectivity index (χ1) is 9.92. The highest BCUT2D eigenvalue weighted by Crippen LogP contribution is 2.34. The number of carbonyl (C=O) groups excluding carboxylic acids is 1. The van der Waals surface area contributed by atoms with Gasteiger partial charge in [-0.25, -0.2) is 8.42 Å². The summed E-state index contributed by atoms with van der Waals surface area (Å²) >= 11 is 0. The molecule has 1 saturated heterocycles. The normalized spacial score (nSPS) is 28.4. The molecule has 2 atom stereocenters. The Balaban J connectivity index is 2.01. The zero-order valence-corrected chi connectivity index (χ0v) is 13.9. The van der Waals surface area contributed by atoms with Crippen LogP contribution in [0.1, 0.15) is 52.4 Å². The van der Waals surface area contributed by atoms with E-state index in [1.54, 1.807) is 4.31 Å². The van der Waals surface area contributed by atoms with Gasteiger partial charge in [-0.2, -0.15) is 4.31 Å². The van der Waals surface area contributed by atoms with Crippen molar-refractivity contribution in [1.82, 2.24) is 4.31 Å². The molecule has 1 aliphatic heterocycles. The van der Waals surface area contributed by atoms with Gasteiger partial charge in [0, 0.05) is 24.9 Å². The molecule has 5 nitrogen and oxygen atoms in total. The number of ether oxygens (including phenoxy) is 1. The van der Waals surface area contributed by atoms with Gasteiger partial charge in [0.1, 0.15) is 5.78 Å². The SMILES string of the molecule is CC(C)OCCS(=O)(=O)N1CCCC1C1CCCCC1=O. The van der Waals surface area contributed by atoms with E-state index in [1.807, 2.05) is 13.8 Å². The van der Waals surface area contributed by atoms with Gasteiger partial charge in [0.15, 0.2) is 0 Å². The maximum Gasteiger partial charge on any atom is 0.216 e. The molecular weight excluding hydrogens is 290 g/mol. The number of carbonyl (C=O) groups is 1. The van der Waals surface area contributed by atoms with E-state index in [0.717, 1.165) is 32.1 Å². The Morgan fingerprint density at radius 1 is 1.24 bits per heavy atom. The van der Waals surface area contributed by atoms with Crippen LogP contribution in [0, 0.1) is 5.92 Å². The molecule has 1 saturated carbocycles. The number of nitrogens with zero attached hydrogens (tertiary/aromatic N) is 1. The van der Waals surface area contributed by atoms with Crippen molar-refractivity contribution in [1.29, 1.82) is 0 Å². The third kappa shape index (κ3) is 4.27. The fourth-order valence-electron chi connectivity index (χ4n) is 3.44. The lowest BCUT2D eigenvalue weighted by Crippen LogP contribution is -2.45. The van der Waals surface area contributed by atoms with Crippen molar-refractivity contribution >= 4 is 15.8 Å². The molecule has 2 unspecified atom stereocenters. The van der Waals surface area contributed by atoms with Crippen LogP contribution >= 0.6 is 0 Å². The first kappa shape index (κ1) is 16.9. The number of hydrogen-bond acceptors (Lipinski definition) is 4. The van der Waals surface area contributed by atoms with Gasteiger partial charge in [-0.1, -0.05) is 6.42 Å². The minimum absolute atomic E-state index is 0.0165. The van der Waals surface area contributed by atoms with E-state index in [2.05, 4.69) is 0 Å². The fraction of sp³-hybridized carbons (Fsp3) is 0.933. The van der Waals surface area contributed by atoms with Crippen molar-refractivity contribution in [3.05, 3.63) is 0 Å². The molecule has 122 valence electrons. The third-order valence-corrected chi connectivity index (χ3v) is 6.31. The minimum Gasteiger partial charge on any atom is -0.378 e. The highest BCUT2D eigenvalue weighted by Gasteiger charge is 2.41. The van der Waals surface area contributed by atoms with E-state index in [-0.39, 0.29) is 36.2 Å². The van der Waals surface area contributed by atoms with Crippen LogP contribution in [0.15, 0.2) is 0 Å². The van der Waals surface area contributed by atoms with Crippen LogP contribution in [0.2, 0.25) is 0 Å². The van der Waals surface area contributed by atoms with Crippen LogP contribution in [0.4, 0.5) is 0 Å². The van der Waals surface area contributed by atoms with Crippen LogP contribution in [0.3, 0.4) is 0 Å². The van der Waals surface area contributed by atoms with Crippen LogP contribution in [-0.2, 0) is 19.6 Å². The van der Waals surface area contributed by atoms with E-state index in [0.29, 0.717) is 13.0 Å². The maximum atomic E-state index is 12.5. The van der Waals surface area contributed by atoms with Gasteiger partial charge in [-0.05, 0) is 39.5 Å². The average Bonchev–Trinajstić information content (AvgIpc) is 2.88. The third-order valence-electron chi connectivity index (χ3n) is 4.46. The van der Waals surface area contributed by atoms with Crippen LogP contribution in [0.25, 0.3) is 0 Å². The highest BCUT2D eigenvalue weighted by atomic mass is 32.2. The zero-order chi connectivity index (χ0) is 15.5. The van der Waals surface area contributed by atoms with Crippen molar-refractivity contribution in [3.63, 3.8) is 0 Å². The Kier molecular flexibility index (Phi) is 5.80. The average molecular weight is 317 g/mol. The number of sulfonamides is 1. The topological polar surface area (TPSA) is 63.7 Å². The molecule has 2 fully saturated rings. The molecule has 0 N–H and O–H groups in total. The molecule has 0 spiro atoms. The van der Waals surface area contributed by atoms with Crippen molar-refractivity contribution in [3.8, 4) is 0 Å². The number of hydrogen-bond donors (Lipinski definition) is 0. The Morgan fingerprint density at radius 2 is 2.00 bits per heavy atom. The molecule has 0 bridgehead atoms. The molecule has 0 aromatic carbocycles.